The molecule has 1 fully saturated rings. The fourth-order valence-electron chi connectivity index (χ4n) is 4.07. The van der Waals surface area contributed by atoms with E-state index in [0.29, 0.717) is 16.1 Å². The average molecular weight is 321 g/mol. The monoisotopic (exact) mass is 321 g/mol. The van der Waals surface area contributed by atoms with Crippen LogP contribution < -0.4 is 9.64 Å². The summed E-state index contributed by atoms with van der Waals surface area (Å²) >= 11 is 0. The molecule has 1 aromatic rings. The average Bonchev–Trinajstić information content (AvgIpc) is 2.83. The summed E-state index contributed by atoms with van der Waals surface area (Å²) in [6, 6.07) is 8.49. The molecule has 1 aliphatic heterocycles. The van der Waals surface area contributed by atoms with E-state index in [4.69, 9.17) is 4.74 Å². The third-order valence-corrected chi connectivity index (χ3v) is 8.38. The highest BCUT2D eigenvalue weighted by atomic mass is 31.1. The van der Waals surface area contributed by atoms with Gasteiger partial charge in [0.1, 0.15) is 5.75 Å². The van der Waals surface area contributed by atoms with E-state index < -0.39 is 0 Å². The van der Waals surface area contributed by atoms with Gasteiger partial charge < -0.3 is 9.64 Å². The van der Waals surface area contributed by atoms with Gasteiger partial charge in [0.15, 0.2) is 0 Å². The lowest BCUT2D eigenvalue weighted by Gasteiger charge is -2.48. The van der Waals surface area contributed by atoms with Crippen molar-refractivity contribution in [1.82, 2.24) is 0 Å². The fraction of sp³-hybridized carbons (Fsp3) is 0.684. The number of methoxy groups -OCH3 is 1. The summed E-state index contributed by atoms with van der Waals surface area (Å²) < 4.78 is 5.62. The van der Waals surface area contributed by atoms with Crippen LogP contribution in [0.5, 0.6) is 5.75 Å². The standard InChI is InChI=1S/C19H32NOP/c1-18(2,3)22(19(4,5)6)17-13-10-14-20(17)15-11-8-9-12-16(15)21-7/h8-9,11-12,17H,10,13-14H2,1-7H3. The number of hydrogen-bond donors (Lipinski definition) is 0. The largest absolute Gasteiger partial charge is 0.495 e. The van der Waals surface area contributed by atoms with E-state index in [1.807, 2.05) is 0 Å². The van der Waals surface area contributed by atoms with Crippen LogP contribution in [0.1, 0.15) is 54.4 Å². The van der Waals surface area contributed by atoms with Gasteiger partial charge >= 0.3 is 0 Å². The molecule has 1 saturated heterocycles. The summed E-state index contributed by atoms with van der Waals surface area (Å²) in [7, 11) is 1.62. The summed E-state index contributed by atoms with van der Waals surface area (Å²) in [6.45, 7) is 15.7. The molecule has 0 spiro atoms. The third-order valence-electron chi connectivity index (χ3n) is 4.36. The van der Waals surface area contributed by atoms with Crippen molar-refractivity contribution >= 4 is 13.6 Å². The Morgan fingerprint density at radius 2 is 1.64 bits per heavy atom. The second-order valence-electron chi connectivity index (χ2n) is 8.20. The van der Waals surface area contributed by atoms with Crippen LogP contribution in [0.25, 0.3) is 0 Å². The molecule has 1 aliphatic rings. The SMILES string of the molecule is COc1ccccc1N1CCCC1P(C(C)(C)C)C(C)(C)C. The Labute approximate surface area is 138 Å². The first-order valence-electron chi connectivity index (χ1n) is 8.35. The lowest BCUT2D eigenvalue weighted by molar-refractivity contribution is 0.414. The number of ether oxygens (including phenoxy) is 1. The van der Waals surface area contributed by atoms with Gasteiger partial charge in [0, 0.05) is 12.3 Å². The Balaban J connectivity index is 2.41. The molecule has 0 aliphatic carbocycles. The minimum atomic E-state index is -0.154. The molecular formula is C19H32NOP. The highest BCUT2D eigenvalue weighted by Gasteiger charge is 2.44. The fourth-order valence-corrected chi connectivity index (χ4v) is 8.83. The summed E-state index contributed by atoms with van der Waals surface area (Å²) in [5, 5.41) is 0.700. The van der Waals surface area contributed by atoms with E-state index in [2.05, 4.69) is 70.7 Å². The van der Waals surface area contributed by atoms with Crippen molar-refractivity contribution in [2.75, 3.05) is 18.6 Å². The van der Waals surface area contributed by atoms with Gasteiger partial charge in [-0.1, -0.05) is 61.6 Å². The molecule has 1 heterocycles. The number of rotatable bonds is 3. The molecule has 0 N–H and O–H groups in total. The van der Waals surface area contributed by atoms with Crippen molar-refractivity contribution in [1.29, 1.82) is 0 Å². The van der Waals surface area contributed by atoms with Gasteiger partial charge in [0.2, 0.25) is 0 Å². The molecule has 1 atom stereocenters. The summed E-state index contributed by atoms with van der Waals surface area (Å²) in [4.78, 5) is 2.63. The maximum atomic E-state index is 5.62. The van der Waals surface area contributed by atoms with Crippen LogP contribution in [0, 0.1) is 0 Å². The normalized spacial score (nSPS) is 19.8. The Hall–Kier alpha value is -0.750. The molecule has 0 bridgehead atoms. The topological polar surface area (TPSA) is 12.5 Å². The lowest BCUT2D eigenvalue weighted by Crippen LogP contribution is -2.38. The first-order chi connectivity index (χ1) is 10.2. The van der Waals surface area contributed by atoms with E-state index in [0.717, 1.165) is 12.3 Å². The van der Waals surface area contributed by atoms with Crippen molar-refractivity contribution in [2.45, 2.75) is 70.5 Å². The van der Waals surface area contributed by atoms with E-state index in [-0.39, 0.29) is 7.92 Å². The highest BCUT2D eigenvalue weighted by molar-refractivity contribution is 7.61. The molecule has 0 amide bonds. The van der Waals surface area contributed by atoms with Crippen molar-refractivity contribution in [2.24, 2.45) is 0 Å². The lowest BCUT2D eigenvalue weighted by atomic mass is 10.2. The maximum Gasteiger partial charge on any atom is 0.142 e. The number of anilines is 1. The molecule has 2 rings (SSSR count). The van der Waals surface area contributed by atoms with Crippen LogP contribution >= 0.6 is 7.92 Å². The van der Waals surface area contributed by atoms with Crippen molar-refractivity contribution in [3.63, 3.8) is 0 Å². The van der Waals surface area contributed by atoms with E-state index in [1.165, 1.54) is 18.5 Å². The van der Waals surface area contributed by atoms with Crippen molar-refractivity contribution in [3.8, 4) is 5.75 Å². The predicted octanol–water partition coefficient (Wildman–Crippen LogP) is 5.70. The zero-order chi connectivity index (χ0) is 16.5. The number of nitrogens with zero attached hydrogens (tertiary/aromatic N) is 1. The van der Waals surface area contributed by atoms with Crippen molar-refractivity contribution < 1.29 is 4.74 Å². The Kier molecular flexibility index (Phi) is 5.12. The number of benzene rings is 1. The zero-order valence-electron chi connectivity index (χ0n) is 15.3. The van der Waals surface area contributed by atoms with Gasteiger partial charge in [-0.25, -0.2) is 0 Å². The van der Waals surface area contributed by atoms with Crippen LogP contribution in [-0.4, -0.2) is 29.7 Å². The molecule has 1 aromatic carbocycles. The van der Waals surface area contributed by atoms with Gasteiger partial charge in [-0.05, 0) is 35.3 Å². The minimum Gasteiger partial charge on any atom is -0.495 e. The van der Waals surface area contributed by atoms with Crippen molar-refractivity contribution in [3.05, 3.63) is 24.3 Å². The second-order valence-corrected chi connectivity index (χ2v) is 12.2. The van der Waals surface area contributed by atoms with Gasteiger partial charge in [0.05, 0.1) is 12.8 Å². The molecule has 22 heavy (non-hydrogen) atoms. The van der Waals surface area contributed by atoms with Gasteiger partial charge in [0.25, 0.3) is 0 Å². The van der Waals surface area contributed by atoms with Gasteiger partial charge in [-0.3, -0.25) is 0 Å². The summed E-state index contributed by atoms with van der Waals surface area (Å²) in [6.07, 6.45) is 2.59. The molecule has 0 aromatic heterocycles. The molecule has 124 valence electrons. The van der Waals surface area contributed by atoms with E-state index >= 15 is 0 Å². The van der Waals surface area contributed by atoms with Crippen LogP contribution in [0.3, 0.4) is 0 Å². The van der Waals surface area contributed by atoms with Gasteiger partial charge in [-0.2, -0.15) is 0 Å². The molecule has 1 unspecified atom stereocenters. The third kappa shape index (κ3) is 3.59. The highest BCUT2D eigenvalue weighted by Crippen LogP contribution is 2.65. The number of para-hydroxylation sites is 2. The Morgan fingerprint density at radius 3 is 2.18 bits per heavy atom. The number of hydrogen-bond acceptors (Lipinski definition) is 2. The van der Waals surface area contributed by atoms with Crippen LogP contribution in [0.15, 0.2) is 24.3 Å². The van der Waals surface area contributed by atoms with Crippen LogP contribution in [-0.2, 0) is 0 Å². The smallest absolute Gasteiger partial charge is 0.142 e. The second kappa shape index (κ2) is 6.40. The summed E-state index contributed by atoms with van der Waals surface area (Å²) in [5.74, 6) is 1.65. The van der Waals surface area contributed by atoms with E-state index in [1.54, 1.807) is 7.11 Å². The molecule has 0 radical (unpaired) electrons. The molecule has 3 heteroatoms. The summed E-state index contributed by atoms with van der Waals surface area (Å²) in [5.41, 5.74) is 1.27. The molecule has 0 saturated carbocycles. The van der Waals surface area contributed by atoms with Gasteiger partial charge in [-0.15, -0.1) is 0 Å². The zero-order valence-corrected chi connectivity index (χ0v) is 16.2. The van der Waals surface area contributed by atoms with Crippen LogP contribution in [0.4, 0.5) is 5.69 Å². The van der Waals surface area contributed by atoms with Crippen LogP contribution in [0.2, 0.25) is 0 Å². The maximum absolute atomic E-state index is 5.62. The quantitative estimate of drug-likeness (QED) is 0.662. The Bertz CT molecular complexity index is 487. The minimum absolute atomic E-state index is 0.154. The first kappa shape index (κ1) is 17.6. The van der Waals surface area contributed by atoms with E-state index in [9.17, 15) is 0 Å². The first-order valence-corrected chi connectivity index (χ1v) is 9.76. The molecule has 2 nitrogen and oxygen atoms in total. The predicted molar refractivity (Wildman–Crippen MR) is 99.8 cm³/mol. The molecular weight excluding hydrogens is 289 g/mol. The Morgan fingerprint density at radius 1 is 1.05 bits per heavy atom.